The van der Waals surface area contributed by atoms with Gasteiger partial charge in [-0.15, -0.1) is 0 Å². The molecule has 0 aliphatic rings. The minimum Gasteiger partial charge on any atom is -0.219 e. The van der Waals surface area contributed by atoms with E-state index in [4.69, 9.17) is 11.8 Å². The molecule has 56 valence electrons. The van der Waals surface area contributed by atoms with Crippen molar-refractivity contribution in [2.45, 2.75) is 25.6 Å². The normalized spacial score (nSPS) is 14.0. The van der Waals surface area contributed by atoms with E-state index in [0.717, 1.165) is 13.8 Å². The van der Waals surface area contributed by atoms with Gasteiger partial charge in [0.25, 0.3) is 0 Å². The van der Waals surface area contributed by atoms with Gasteiger partial charge < -0.3 is 0 Å². The van der Waals surface area contributed by atoms with Crippen LogP contribution in [0.1, 0.15) is 13.8 Å². The lowest BCUT2D eigenvalue weighted by molar-refractivity contribution is -0.180. The summed E-state index contributed by atoms with van der Waals surface area (Å²) in [4.78, 5) is 1.63. The molecule has 0 unspecified atom stereocenters. The van der Waals surface area contributed by atoms with Crippen molar-refractivity contribution in [1.82, 2.24) is 4.84 Å². The zero-order chi connectivity index (χ0) is 7.71. The van der Waals surface area contributed by atoms with E-state index in [1.165, 1.54) is 0 Å². The Morgan fingerprint density at radius 3 is 1.56 bits per heavy atom. The van der Waals surface area contributed by atoms with Gasteiger partial charge in [0.05, 0.1) is 0 Å². The topological polar surface area (TPSA) is 12.0 Å². The van der Waals surface area contributed by atoms with Crippen LogP contribution in [0.5, 0.6) is 0 Å². The van der Waals surface area contributed by atoms with Crippen LogP contribution >= 0.6 is 11.8 Å². The molecule has 5 heteroatoms. The number of hydrogen-bond acceptors (Lipinski definition) is 1. The molecule has 9 heavy (non-hydrogen) atoms. The van der Waals surface area contributed by atoms with Crippen LogP contribution in [0.15, 0.2) is 0 Å². The zero-order valence-corrected chi connectivity index (χ0v) is 5.77. The van der Waals surface area contributed by atoms with Crippen molar-refractivity contribution in [2.75, 3.05) is 0 Å². The molecule has 0 radical (unpaired) electrons. The Morgan fingerprint density at radius 2 is 1.56 bits per heavy atom. The first-order valence-electron chi connectivity index (χ1n) is 2.26. The Kier molecular flexibility index (Phi) is 2.35. The van der Waals surface area contributed by atoms with Crippen molar-refractivity contribution >= 4 is 11.8 Å². The monoisotopic (exact) mass is 161 g/mol. The largest absolute Gasteiger partial charge is 0.407 e. The Hall–Kier alpha value is 0.0400. The summed E-state index contributed by atoms with van der Waals surface area (Å²) in [5.41, 5.74) is -2.01. The predicted molar refractivity (Wildman–Crippen MR) is 29.1 cm³/mol. The molecule has 0 rings (SSSR count). The van der Waals surface area contributed by atoms with Gasteiger partial charge in [-0.05, 0) is 25.6 Å². The van der Waals surface area contributed by atoms with Crippen LogP contribution in [0.2, 0.25) is 0 Å². The molecule has 0 aliphatic carbocycles. The zero-order valence-electron chi connectivity index (χ0n) is 5.01. The molecule has 0 amide bonds. The second kappa shape index (κ2) is 2.34. The highest BCUT2D eigenvalue weighted by molar-refractivity contribution is 6.13. The van der Waals surface area contributed by atoms with Crippen LogP contribution in [0, 0.1) is 0 Å². The molecular weight excluding hydrogens is 154 g/mol. The molecule has 0 fully saturated rings. The molecule has 0 aromatic heterocycles. The molecule has 0 aromatic carbocycles. The van der Waals surface area contributed by atoms with Gasteiger partial charge in [0, 0.05) is 0 Å². The average molecular weight is 162 g/mol. The fourth-order valence-corrected chi connectivity index (χ4v) is 0.161. The van der Waals surface area contributed by atoms with Crippen molar-refractivity contribution in [3.8, 4) is 0 Å². The van der Waals surface area contributed by atoms with Crippen molar-refractivity contribution < 1.29 is 13.2 Å². The van der Waals surface area contributed by atoms with E-state index in [9.17, 15) is 13.2 Å². The molecule has 0 bridgehead atoms. The Labute approximate surface area is 56.3 Å². The number of nitrogens with one attached hydrogen (secondary N) is 1. The van der Waals surface area contributed by atoms with E-state index in [-0.39, 0.29) is 0 Å². The van der Waals surface area contributed by atoms with Crippen molar-refractivity contribution in [3.05, 3.63) is 0 Å². The van der Waals surface area contributed by atoms with E-state index in [2.05, 4.69) is 0 Å². The summed E-state index contributed by atoms with van der Waals surface area (Å²) in [6.45, 7) is 1.92. The Morgan fingerprint density at radius 1 is 1.22 bits per heavy atom. The number of hydrogen-bond donors (Lipinski definition) is 1. The van der Waals surface area contributed by atoms with Gasteiger partial charge in [-0.2, -0.15) is 13.2 Å². The molecule has 0 saturated heterocycles. The summed E-state index contributed by atoms with van der Waals surface area (Å²) >= 11 is 4.81. The fourth-order valence-electron chi connectivity index (χ4n) is 0.0536. The van der Waals surface area contributed by atoms with Gasteiger partial charge in [0.2, 0.25) is 0 Å². The summed E-state index contributed by atoms with van der Waals surface area (Å²) in [5, 5.41) is 0. The standard InChI is InChI=1S/C4H7ClF3N/c1-3(2,9-5)4(6,7)8/h9H,1-2H3. The second-order valence-corrected chi connectivity index (χ2v) is 2.41. The second-order valence-electron chi connectivity index (χ2n) is 2.22. The first-order chi connectivity index (χ1) is 3.81. The highest BCUT2D eigenvalue weighted by Gasteiger charge is 2.46. The smallest absolute Gasteiger partial charge is 0.219 e. The van der Waals surface area contributed by atoms with E-state index in [1.54, 1.807) is 4.84 Å². The molecule has 0 spiro atoms. The van der Waals surface area contributed by atoms with Crippen LogP contribution in [0.3, 0.4) is 0 Å². The highest BCUT2D eigenvalue weighted by atomic mass is 35.5. The van der Waals surface area contributed by atoms with Gasteiger partial charge in [-0.25, -0.2) is 4.84 Å². The predicted octanol–water partition coefficient (Wildman–Crippen LogP) is 2.07. The minimum absolute atomic E-state index is 0.958. The maximum atomic E-state index is 11.7. The van der Waals surface area contributed by atoms with Gasteiger partial charge in [0.15, 0.2) is 0 Å². The molecule has 1 N–H and O–H groups in total. The SMILES string of the molecule is CC(C)(NCl)C(F)(F)F. The number of alkyl halides is 3. The summed E-state index contributed by atoms with van der Waals surface area (Å²) in [5.74, 6) is 0. The van der Waals surface area contributed by atoms with Crippen LogP contribution in [0.4, 0.5) is 13.2 Å². The van der Waals surface area contributed by atoms with Crippen LogP contribution in [0.25, 0.3) is 0 Å². The molecule has 0 aliphatic heterocycles. The highest BCUT2D eigenvalue weighted by Crippen LogP contribution is 2.29. The van der Waals surface area contributed by atoms with Gasteiger partial charge in [-0.3, -0.25) is 0 Å². The summed E-state index contributed by atoms with van der Waals surface area (Å²) < 4.78 is 35.1. The van der Waals surface area contributed by atoms with E-state index >= 15 is 0 Å². The summed E-state index contributed by atoms with van der Waals surface area (Å²) in [7, 11) is 0. The van der Waals surface area contributed by atoms with E-state index in [0.29, 0.717) is 0 Å². The van der Waals surface area contributed by atoms with Gasteiger partial charge >= 0.3 is 6.18 Å². The first kappa shape index (κ1) is 9.04. The van der Waals surface area contributed by atoms with Crippen molar-refractivity contribution in [3.63, 3.8) is 0 Å². The molecule has 1 nitrogen and oxygen atoms in total. The first-order valence-corrected chi connectivity index (χ1v) is 2.63. The third kappa shape index (κ3) is 2.02. The Bertz CT molecular complexity index is 98.5. The van der Waals surface area contributed by atoms with E-state index < -0.39 is 11.7 Å². The summed E-state index contributed by atoms with van der Waals surface area (Å²) in [6, 6.07) is 0. The molecule has 0 heterocycles. The lowest BCUT2D eigenvalue weighted by Crippen LogP contribution is -2.47. The minimum atomic E-state index is -4.30. The van der Waals surface area contributed by atoms with Crippen LogP contribution in [-0.2, 0) is 0 Å². The molecule has 0 atom stereocenters. The maximum absolute atomic E-state index is 11.7. The van der Waals surface area contributed by atoms with Gasteiger partial charge in [-0.1, -0.05) is 0 Å². The van der Waals surface area contributed by atoms with Crippen molar-refractivity contribution in [2.24, 2.45) is 0 Å². The third-order valence-corrected chi connectivity index (χ3v) is 1.42. The van der Waals surface area contributed by atoms with Crippen LogP contribution in [-0.4, -0.2) is 11.7 Å². The average Bonchev–Trinajstić information content (AvgIpc) is 1.64. The fraction of sp³-hybridized carbons (Fsp3) is 1.00. The molecule has 0 aromatic rings. The number of rotatable bonds is 1. The summed E-state index contributed by atoms with van der Waals surface area (Å²) in [6.07, 6.45) is -4.30. The number of halogens is 4. The lowest BCUT2D eigenvalue weighted by Gasteiger charge is -2.24. The molecular formula is C4H7ClF3N. The molecule has 0 saturated carbocycles. The third-order valence-electron chi connectivity index (χ3n) is 0.945. The lowest BCUT2D eigenvalue weighted by atomic mass is 10.1. The quantitative estimate of drug-likeness (QED) is 0.581. The van der Waals surface area contributed by atoms with Crippen molar-refractivity contribution in [1.29, 1.82) is 0 Å². The maximum Gasteiger partial charge on any atom is 0.407 e. The van der Waals surface area contributed by atoms with Gasteiger partial charge in [0.1, 0.15) is 5.54 Å². The van der Waals surface area contributed by atoms with E-state index in [1.807, 2.05) is 0 Å². The Balaban J connectivity index is 4.14. The van der Waals surface area contributed by atoms with Crippen LogP contribution < -0.4 is 4.84 Å².